The number of carbonyl (C=O) groups is 2. The molecule has 0 unspecified atom stereocenters. The molecule has 0 aliphatic heterocycles. The predicted molar refractivity (Wildman–Crippen MR) is 87.1 cm³/mol. The van der Waals surface area contributed by atoms with E-state index in [2.05, 4.69) is 32.4 Å². The second kappa shape index (κ2) is 6.29. The van der Waals surface area contributed by atoms with Gasteiger partial charge in [-0.2, -0.15) is 5.10 Å². The molecule has 1 aromatic carbocycles. The minimum absolute atomic E-state index is 0.177. The van der Waals surface area contributed by atoms with Gasteiger partial charge >= 0.3 is 0 Å². The fourth-order valence-corrected chi connectivity index (χ4v) is 2.06. The third-order valence-electron chi connectivity index (χ3n) is 3.19. The fraction of sp³-hybridized carbons (Fsp3) is 0. The van der Waals surface area contributed by atoms with Gasteiger partial charge in [0.15, 0.2) is 5.65 Å². The zero-order chi connectivity index (χ0) is 17.1. The number of H-pyrrole nitrogens is 1. The first-order chi connectivity index (χ1) is 11.6. The van der Waals surface area contributed by atoms with Gasteiger partial charge in [-0.05, 0) is 36.4 Å². The summed E-state index contributed by atoms with van der Waals surface area (Å²) in [6.45, 7) is 3.37. The average molecular weight is 325 g/mol. The molecule has 24 heavy (non-hydrogen) atoms. The molecule has 0 saturated heterocycles. The maximum atomic E-state index is 12.9. The van der Waals surface area contributed by atoms with Crippen LogP contribution in [0.2, 0.25) is 0 Å². The third kappa shape index (κ3) is 3.12. The number of amides is 2. The number of carbonyl (C=O) groups excluding carboxylic acids is 2. The van der Waals surface area contributed by atoms with Crippen molar-refractivity contribution in [3.8, 4) is 0 Å². The number of pyridine rings is 1. The lowest BCUT2D eigenvalue weighted by atomic mass is 10.2. The maximum Gasteiger partial charge on any atom is 0.274 e. The SMILES string of the molecule is C=CC(=O)Nc1cnc2n[nH]c(C(=O)Nc3ccc(F)cc3)c2c1. The van der Waals surface area contributed by atoms with E-state index >= 15 is 0 Å². The van der Waals surface area contributed by atoms with E-state index in [0.29, 0.717) is 22.4 Å². The third-order valence-corrected chi connectivity index (χ3v) is 3.19. The molecule has 2 amide bonds. The summed E-state index contributed by atoms with van der Waals surface area (Å²) < 4.78 is 12.9. The molecule has 0 fully saturated rings. The van der Waals surface area contributed by atoms with Crippen molar-refractivity contribution < 1.29 is 14.0 Å². The molecule has 120 valence electrons. The van der Waals surface area contributed by atoms with Crippen molar-refractivity contribution in [2.24, 2.45) is 0 Å². The number of fused-ring (bicyclic) bond motifs is 1. The van der Waals surface area contributed by atoms with E-state index in [1.165, 1.54) is 30.5 Å². The van der Waals surface area contributed by atoms with E-state index in [4.69, 9.17) is 0 Å². The molecule has 0 radical (unpaired) electrons. The molecule has 3 aromatic rings. The number of nitrogens with one attached hydrogen (secondary N) is 3. The van der Waals surface area contributed by atoms with Crippen molar-refractivity contribution in [1.82, 2.24) is 15.2 Å². The molecule has 2 aromatic heterocycles. The molecule has 0 saturated carbocycles. The van der Waals surface area contributed by atoms with Gasteiger partial charge in [0.1, 0.15) is 11.5 Å². The average Bonchev–Trinajstić information content (AvgIpc) is 3.00. The molecule has 0 atom stereocenters. The Morgan fingerprint density at radius 1 is 1.17 bits per heavy atom. The summed E-state index contributed by atoms with van der Waals surface area (Å²) in [6, 6.07) is 6.95. The Labute approximate surface area is 135 Å². The van der Waals surface area contributed by atoms with E-state index in [1.807, 2.05) is 0 Å². The van der Waals surface area contributed by atoms with Crippen molar-refractivity contribution in [2.45, 2.75) is 0 Å². The molecule has 3 rings (SSSR count). The summed E-state index contributed by atoms with van der Waals surface area (Å²) in [4.78, 5) is 27.8. The van der Waals surface area contributed by atoms with Crippen LogP contribution in [0.15, 0.2) is 49.2 Å². The number of aromatic nitrogens is 3. The Hall–Kier alpha value is -3.55. The van der Waals surface area contributed by atoms with Gasteiger partial charge in [-0.25, -0.2) is 9.37 Å². The van der Waals surface area contributed by atoms with Crippen LogP contribution in [0.4, 0.5) is 15.8 Å². The van der Waals surface area contributed by atoms with Crippen LogP contribution in [-0.2, 0) is 4.79 Å². The van der Waals surface area contributed by atoms with Crippen LogP contribution in [0.3, 0.4) is 0 Å². The molecule has 2 heterocycles. The van der Waals surface area contributed by atoms with Crippen LogP contribution in [0, 0.1) is 5.82 Å². The lowest BCUT2D eigenvalue weighted by molar-refractivity contribution is -0.111. The Kier molecular flexibility index (Phi) is 4.02. The van der Waals surface area contributed by atoms with Gasteiger partial charge in [0, 0.05) is 5.69 Å². The monoisotopic (exact) mass is 325 g/mol. The molecule has 8 heteroatoms. The summed E-state index contributed by atoms with van der Waals surface area (Å²) in [5.74, 6) is -1.25. The highest BCUT2D eigenvalue weighted by Gasteiger charge is 2.15. The number of anilines is 2. The highest BCUT2D eigenvalue weighted by atomic mass is 19.1. The smallest absolute Gasteiger partial charge is 0.274 e. The van der Waals surface area contributed by atoms with Gasteiger partial charge in [-0.1, -0.05) is 6.58 Å². The van der Waals surface area contributed by atoms with Gasteiger partial charge in [-0.15, -0.1) is 0 Å². The van der Waals surface area contributed by atoms with Gasteiger partial charge < -0.3 is 10.6 Å². The lowest BCUT2D eigenvalue weighted by Gasteiger charge is -2.04. The maximum absolute atomic E-state index is 12.9. The Balaban J connectivity index is 1.89. The van der Waals surface area contributed by atoms with E-state index in [9.17, 15) is 14.0 Å². The molecular weight excluding hydrogens is 313 g/mol. The minimum atomic E-state index is -0.460. The molecule has 7 nitrogen and oxygen atoms in total. The van der Waals surface area contributed by atoms with Crippen molar-refractivity contribution >= 4 is 34.2 Å². The van der Waals surface area contributed by atoms with Crippen molar-refractivity contribution in [3.05, 3.63) is 60.7 Å². The quantitative estimate of drug-likeness (QED) is 0.642. The van der Waals surface area contributed by atoms with Crippen LogP contribution >= 0.6 is 0 Å². The Morgan fingerprint density at radius 2 is 1.92 bits per heavy atom. The predicted octanol–water partition coefficient (Wildman–Crippen LogP) is 2.47. The largest absolute Gasteiger partial charge is 0.321 e. The van der Waals surface area contributed by atoms with Crippen molar-refractivity contribution in [3.63, 3.8) is 0 Å². The van der Waals surface area contributed by atoms with Crippen LogP contribution in [0.5, 0.6) is 0 Å². The molecule has 0 spiro atoms. The van der Waals surface area contributed by atoms with E-state index in [0.717, 1.165) is 6.08 Å². The first-order valence-corrected chi connectivity index (χ1v) is 6.91. The first kappa shape index (κ1) is 15.3. The summed E-state index contributed by atoms with van der Waals surface area (Å²) in [7, 11) is 0. The van der Waals surface area contributed by atoms with Gasteiger partial charge in [-0.3, -0.25) is 14.7 Å². The summed E-state index contributed by atoms with van der Waals surface area (Å²) in [5.41, 5.74) is 1.35. The molecule has 0 aliphatic carbocycles. The number of aromatic amines is 1. The zero-order valence-electron chi connectivity index (χ0n) is 12.3. The van der Waals surface area contributed by atoms with E-state index < -0.39 is 17.6 Å². The van der Waals surface area contributed by atoms with E-state index in [-0.39, 0.29) is 5.69 Å². The van der Waals surface area contributed by atoms with Crippen molar-refractivity contribution in [1.29, 1.82) is 0 Å². The molecule has 0 bridgehead atoms. The van der Waals surface area contributed by atoms with Gasteiger partial charge in [0.2, 0.25) is 5.91 Å². The normalized spacial score (nSPS) is 10.4. The van der Waals surface area contributed by atoms with Crippen LogP contribution < -0.4 is 10.6 Å². The standard InChI is InChI=1S/C16H12FN5O2/c1-2-13(23)19-11-7-12-14(21-22-15(12)18-8-11)16(24)20-10-5-3-9(17)4-6-10/h2-8H,1H2,(H,19,23)(H,20,24)(H,18,21,22). The summed E-state index contributed by atoms with van der Waals surface area (Å²) in [6.07, 6.45) is 2.55. The number of benzene rings is 1. The van der Waals surface area contributed by atoms with Gasteiger partial charge in [0.05, 0.1) is 17.3 Å². The Morgan fingerprint density at radius 3 is 2.62 bits per heavy atom. The molecular formula is C16H12FN5O2. The topological polar surface area (TPSA) is 99.8 Å². The fourth-order valence-electron chi connectivity index (χ4n) is 2.06. The zero-order valence-corrected chi connectivity index (χ0v) is 12.3. The van der Waals surface area contributed by atoms with Crippen LogP contribution in [0.25, 0.3) is 11.0 Å². The van der Waals surface area contributed by atoms with Crippen LogP contribution in [0.1, 0.15) is 10.5 Å². The summed E-state index contributed by atoms with van der Waals surface area (Å²) in [5, 5.41) is 12.2. The second-order valence-corrected chi connectivity index (χ2v) is 4.85. The highest BCUT2D eigenvalue weighted by molar-refractivity contribution is 6.11. The molecule has 3 N–H and O–H groups in total. The van der Waals surface area contributed by atoms with Crippen LogP contribution in [-0.4, -0.2) is 27.0 Å². The highest BCUT2D eigenvalue weighted by Crippen LogP contribution is 2.20. The number of halogens is 1. The molecule has 0 aliphatic rings. The first-order valence-electron chi connectivity index (χ1n) is 6.91. The van der Waals surface area contributed by atoms with Crippen molar-refractivity contribution in [2.75, 3.05) is 10.6 Å². The number of rotatable bonds is 4. The Bertz CT molecular complexity index is 933. The second-order valence-electron chi connectivity index (χ2n) is 4.85. The lowest BCUT2D eigenvalue weighted by Crippen LogP contribution is -2.13. The van der Waals surface area contributed by atoms with E-state index in [1.54, 1.807) is 6.07 Å². The minimum Gasteiger partial charge on any atom is -0.321 e. The van der Waals surface area contributed by atoms with Gasteiger partial charge in [0.25, 0.3) is 5.91 Å². The summed E-state index contributed by atoms with van der Waals surface area (Å²) >= 11 is 0. The number of hydrogen-bond acceptors (Lipinski definition) is 4. The number of hydrogen-bond donors (Lipinski definition) is 3. The number of nitrogens with zero attached hydrogens (tertiary/aromatic N) is 2.